The number of hydrogen-bond donors (Lipinski definition) is 2. The number of hydrogen-bond acceptors (Lipinski definition) is 2. The number of aromatic hydroxyl groups is 1. The molecule has 5 heteroatoms. The summed E-state index contributed by atoms with van der Waals surface area (Å²) < 4.78 is 2.08. The largest absolute Gasteiger partial charge is 0.506 e. The molecule has 15 heavy (non-hydrogen) atoms. The van der Waals surface area contributed by atoms with Crippen molar-refractivity contribution < 1.29 is 15.0 Å². The van der Waals surface area contributed by atoms with E-state index < -0.39 is 5.97 Å². The minimum absolute atomic E-state index is 0.0654. The van der Waals surface area contributed by atoms with Crippen molar-refractivity contribution in [3.8, 4) is 5.75 Å². The number of halogens is 1. The Hall–Kier alpha value is -1.49. The van der Waals surface area contributed by atoms with Gasteiger partial charge in [0.1, 0.15) is 11.4 Å². The molecule has 2 rings (SSSR count). The molecule has 0 spiro atoms. The number of carboxylic acid groups (broad SMARTS) is 1. The first kappa shape index (κ1) is 10.0. The van der Waals surface area contributed by atoms with E-state index in [9.17, 15) is 9.90 Å². The number of aromatic nitrogens is 1. The Morgan fingerprint density at radius 2 is 2.13 bits per heavy atom. The summed E-state index contributed by atoms with van der Waals surface area (Å²) in [5.41, 5.74) is 0.839. The van der Waals surface area contributed by atoms with Crippen LogP contribution >= 0.6 is 15.9 Å². The molecule has 0 aliphatic heterocycles. The van der Waals surface area contributed by atoms with E-state index in [1.54, 1.807) is 19.2 Å². The van der Waals surface area contributed by atoms with Crippen molar-refractivity contribution in [1.82, 2.24) is 4.57 Å². The summed E-state index contributed by atoms with van der Waals surface area (Å²) in [4.78, 5) is 10.9. The number of phenols is 1. The van der Waals surface area contributed by atoms with E-state index in [4.69, 9.17) is 5.11 Å². The molecule has 0 amide bonds. The van der Waals surface area contributed by atoms with Crippen molar-refractivity contribution in [2.45, 2.75) is 0 Å². The second-order valence-corrected chi connectivity index (χ2v) is 4.08. The average Bonchev–Trinajstić information content (AvgIpc) is 2.51. The van der Waals surface area contributed by atoms with Gasteiger partial charge in [-0.15, -0.1) is 0 Å². The zero-order valence-corrected chi connectivity index (χ0v) is 9.45. The Kier molecular flexibility index (Phi) is 2.19. The average molecular weight is 270 g/mol. The van der Waals surface area contributed by atoms with Crippen LogP contribution < -0.4 is 0 Å². The second kappa shape index (κ2) is 3.27. The number of carboxylic acids is 1. The normalized spacial score (nSPS) is 10.8. The number of phenolic OH excluding ortho intramolecular Hbond substituents is 1. The van der Waals surface area contributed by atoms with Crippen LogP contribution in [0.15, 0.2) is 22.7 Å². The first-order valence-electron chi connectivity index (χ1n) is 4.22. The van der Waals surface area contributed by atoms with E-state index in [1.165, 1.54) is 10.6 Å². The lowest BCUT2D eigenvalue weighted by Crippen LogP contribution is -2.03. The van der Waals surface area contributed by atoms with Crippen molar-refractivity contribution in [3.63, 3.8) is 0 Å². The molecule has 78 valence electrons. The predicted molar refractivity (Wildman–Crippen MR) is 59.2 cm³/mol. The van der Waals surface area contributed by atoms with E-state index in [1.807, 2.05) is 0 Å². The van der Waals surface area contributed by atoms with E-state index in [0.717, 1.165) is 0 Å². The van der Waals surface area contributed by atoms with Crippen LogP contribution in [0.25, 0.3) is 10.9 Å². The van der Waals surface area contributed by atoms with Crippen molar-refractivity contribution in [2.24, 2.45) is 7.05 Å². The summed E-state index contributed by atoms with van der Waals surface area (Å²) in [6.07, 6.45) is 0. The highest BCUT2D eigenvalue weighted by Gasteiger charge is 2.15. The van der Waals surface area contributed by atoms with Crippen molar-refractivity contribution in [2.75, 3.05) is 0 Å². The first-order chi connectivity index (χ1) is 7.02. The van der Waals surface area contributed by atoms with Gasteiger partial charge in [0.2, 0.25) is 0 Å². The molecule has 0 saturated carbocycles. The van der Waals surface area contributed by atoms with Crippen LogP contribution in [0.1, 0.15) is 10.5 Å². The van der Waals surface area contributed by atoms with Crippen LogP contribution in [-0.4, -0.2) is 20.7 Å². The van der Waals surface area contributed by atoms with Crippen LogP contribution in [0.2, 0.25) is 0 Å². The monoisotopic (exact) mass is 269 g/mol. The van der Waals surface area contributed by atoms with Gasteiger partial charge in [-0.05, 0) is 34.1 Å². The fourth-order valence-electron chi connectivity index (χ4n) is 1.57. The Balaban J connectivity index is 2.88. The second-order valence-electron chi connectivity index (χ2n) is 3.22. The molecule has 0 atom stereocenters. The maximum absolute atomic E-state index is 10.9. The Morgan fingerprint density at radius 1 is 1.47 bits per heavy atom. The maximum Gasteiger partial charge on any atom is 0.352 e. The van der Waals surface area contributed by atoms with Gasteiger partial charge in [-0.25, -0.2) is 4.79 Å². The highest BCUT2D eigenvalue weighted by atomic mass is 79.9. The fourth-order valence-corrected chi connectivity index (χ4v) is 1.92. The van der Waals surface area contributed by atoms with Gasteiger partial charge < -0.3 is 14.8 Å². The van der Waals surface area contributed by atoms with Crippen molar-refractivity contribution >= 4 is 32.8 Å². The lowest BCUT2D eigenvalue weighted by atomic mass is 10.2. The molecule has 2 aromatic rings. The van der Waals surface area contributed by atoms with Gasteiger partial charge in [0.15, 0.2) is 0 Å². The maximum atomic E-state index is 10.9. The van der Waals surface area contributed by atoms with Gasteiger partial charge in [0, 0.05) is 12.4 Å². The molecule has 0 radical (unpaired) electrons. The zero-order valence-electron chi connectivity index (χ0n) is 7.86. The summed E-state index contributed by atoms with van der Waals surface area (Å²) >= 11 is 3.18. The van der Waals surface area contributed by atoms with E-state index in [0.29, 0.717) is 15.4 Å². The highest BCUT2D eigenvalue weighted by molar-refractivity contribution is 9.10. The number of fused-ring (bicyclic) bond motifs is 1. The lowest BCUT2D eigenvalue weighted by Gasteiger charge is -2.00. The molecular formula is C10H8BrNO3. The van der Waals surface area contributed by atoms with Crippen LogP contribution in [0, 0.1) is 0 Å². The van der Waals surface area contributed by atoms with Crippen LogP contribution in [0.3, 0.4) is 0 Å². The smallest absolute Gasteiger partial charge is 0.352 e. The molecule has 0 bridgehead atoms. The van der Waals surface area contributed by atoms with Gasteiger partial charge in [-0.2, -0.15) is 0 Å². The summed E-state index contributed by atoms with van der Waals surface area (Å²) in [6, 6.07) is 4.90. The summed E-state index contributed by atoms with van der Waals surface area (Å²) in [7, 11) is 1.65. The predicted octanol–water partition coefficient (Wildman–Crippen LogP) is 2.34. The molecule has 2 N–H and O–H groups in total. The highest BCUT2D eigenvalue weighted by Crippen LogP contribution is 2.33. The third-order valence-corrected chi connectivity index (χ3v) is 3.01. The molecule has 1 heterocycles. The topological polar surface area (TPSA) is 62.5 Å². The molecule has 0 fully saturated rings. The number of carbonyl (C=O) groups is 1. The van der Waals surface area contributed by atoms with Crippen LogP contribution in [0.5, 0.6) is 5.75 Å². The molecule has 0 aliphatic rings. The minimum Gasteiger partial charge on any atom is -0.506 e. The lowest BCUT2D eigenvalue weighted by molar-refractivity contribution is 0.0687. The van der Waals surface area contributed by atoms with Gasteiger partial charge in [-0.3, -0.25) is 0 Å². The summed E-state index contributed by atoms with van der Waals surface area (Å²) in [5, 5.41) is 19.2. The van der Waals surface area contributed by atoms with Crippen LogP contribution in [0.4, 0.5) is 0 Å². The molecule has 1 aromatic carbocycles. The number of benzene rings is 1. The van der Waals surface area contributed by atoms with Gasteiger partial charge in [0.05, 0.1) is 9.99 Å². The van der Waals surface area contributed by atoms with Crippen molar-refractivity contribution in [1.29, 1.82) is 0 Å². The quantitative estimate of drug-likeness (QED) is 0.836. The third-order valence-electron chi connectivity index (χ3n) is 2.37. The third kappa shape index (κ3) is 1.39. The number of aromatic carboxylic acids is 1. The summed E-state index contributed by atoms with van der Waals surface area (Å²) in [5.74, 6) is -0.945. The standard InChI is InChI=1S/C10H8BrNO3/c1-12-7-3-2-6(11)9(13)5(7)4-8(12)10(14)15/h2-4,13H,1H3,(H,14,15). The molecule has 4 nitrogen and oxygen atoms in total. The minimum atomic E-state index is -1.01. The van der Waals surface area contributed by atoms with Gasteiger partial charge >= 0.3 is 5.97 Å². The Bertz CT molecular complexity index is 559. The van der Waals surface area contributed by atoms with Gasteiger partial charge in [0.25, 0.3) is 0 Å². The Morgan fingerprint density at radius 3 is 2.73 bits per heavy atom. The van der Waals surface area contributed by atoms with E-state index >= 15 is 0 Å². The Labute approximate surface area is 93.9 Å². The number of aryl methyl sites for hydroxylation is 1. The number of nitrogens with zero attached hydrogens (tertiary/aromatic N) is 1. The molecule has 0 aliphatic carbocycles. The fraction of sp³-hybridized carbons (Fsp3) is 0.100. The van der Waals surface area contributed by atoms with E-state index in [-0.39, 0.29) is 11.4 Å². The first-order valence-corrected chi connectivity index (χ1v) is 5.02. The number of rotatable bonds is 1. The summed E-state index contributed by atoms with van der Waals surface area (Å²) in [6.45, 7) is 0. The molecule has 0 saturated heterocycles. The zero-order chi connectivity index (χ0) is 11.2. The van der Waals surface area contributed by atoms with E-state index in [2.05, 4.69) is 15.9 Å². The molecule has 1 aromatic heterocycles. The van der Waals surface area contributed by atoms with Crippen molar-refractivity contribution in [3.05, 3.63) is 28.4 Å². The SMILES string of the molecule is Cn1c(C(=O)O)cc2c(O)c(Br)ccc21. The molecular weight excluding hydrogens is 262 g/mol. The molecule has 0 unspecified atom stereocenters. The van der Waals surface area contributed by atoms with Crippen LogP contribution in [-0.2, 0) is 7.05 Å². The van der Waals surface area contributed by atoms with Gasteiger partial charge in [-0.1, -0.05) is 0 Å².